The van der Waals surface area contributed by atoms with Gasteiger partial charge in [-0.3, -0.25) is 4.90 Å². The first-order valence-corrected chi connectivity index (χ1v) is 13.8. The van der Waals surface area contributed by atoms with Gasteiger partial charge in [-0.1, -0.05) is 54.2 Å². The zero-order valence-electron chi connectivity index (χ0n) is 21.0. The maximum Gasteiger partial charge on any atom is 0.191 e. The van der Waals surface area contributed by atoms with Gasteiger partial charge in [0.15, 0.2) is 5.16 Å². The van der Waals surface area contributed by atoms with Gasteiger partial charge < -0.3 is 14.2 Å². The summed E-state index contributed by atoms with van der Waals surface area (Å²) in [5.74, 6) is 2.56. The second kappa shape index (κ2) is 11.6. The Kier molecular flexibility index (Phi) is 8.06. The standard InChI is InChI=1S/C28H37N5OS/c1-31(2)25-12-10-23(11-13-25)19-32-16-14-24(15-17-32)27-29-30-28(35-21-26-9-6-18-34-26)33(27)20-22-7-4-3-5-8-22/h3-5,7-8,10-13,24,26H,6,9,14-21H2,1-2H3/t26-/m0/s1. The molecular formula is C28H37N5OS. The van der Waals surface area contributed by atoms with Gasteiger partial charge in [0, 0.05) is 44.6 Å². The van der Waals surface area contributed by atoms with Crippen molar-refractivity contribution in [2.75, 3.05) is 44.4 Å². The molecule has 1 atom stereocenters. The molecule has 0 N–H and O–H groups in total. The third kappa shape index (κ3) is 6.26. The fourth-order valence-corrected chi connectivity index (χ4v) is 6.08. The average Bonchev–Trinajstić information content (AvgIpc) is 3.54. The third-order valence-electron chi connectivity index (χ3n) is 7.16. The number of likely N-dealkylation sites (tertiary alicyclic amines) is 1. The molecule has 3 heterocycles. The lowest BCUT2D eigenvalue weighted by molar-refractivity contribution is 0.129. The Morgan fingerprint density at radius 1 is 0.914 bits per heavy atom. The number of hydrogen-bond acceptors (Lipinski definition) is 6. The molecule has 2 fully saturated rings. The Balaban J connectivity index is 1.24. The van der Waals surface area contributed by atoms with Crippen LogP contribution in [-0.2, 0) is 17.8 Å². The fourth-order valence-electron chi connectivity index (χ4n) is 5.07. The molecule has 7 heteroatoms. The second-order valence-electron chi connectivity index (χ2n) is 9.97. The molecule has 2 aromatic carbocycles. The quantitative estimate of drug-likeness (QED) is 0.391. The van der Waals surface area contributed by atoms with E-state index in [1.807, 2.05) is 0 Å². The molecule has 2 aliphatic heterocycles. The Bertz CT molecular complexity index is 1050. The molecule has 0 unspecified atom stereocenters. The lowest BCUT2D eigenvalue weighted by Crippen LogP contribution is -2.33. The summed E-state index contributed by atoms with van der Waals surface area (Å²) in [6.45, 7) is 4.92. The molecule has 0 spiro atoms. The first kappa shape index (κ1) is 24.3. The Morgan fingerprint density at radius 3 is 2.34 bits per heavy atom. The van der Waals surface area contributed by atoms with Crippen molar-refractivity contribution in [2.45, 2.75) is 56.0 Å². The predicted octanol–water partition coefficient (Wildman–Crippen LogP) is 5.04. The third-order valence-corrected chi connectivity index (χ3v) is 8.26. The zero-order chi connectivity index (χ0) is 24.0. The number of thioether (sulfide) groups is 1. The number of ether oxygens (including phenoxy) is 1. The van der Waals surface area contributed by atoms with Crippen molar-refractivity contribution in [3.05, 3.63) is 71.5 Å². The van der Waals surface area contributed by atoms with Crippen LogP contribution in [0.4, 0.5) is 5.69 Å². The normalized spacial score (nSPS) is 19.3. The van der Waals surface area contributed by atoms with E-state index in [0.717, 1.165) is 68.8 Å². The molecule has 0 bridgehead atoms. The van der Waals surface area contributed by atoms with Crippen molar-refractivity contribution >= 4 is 17.4 Å². The van der Waals surface area contributed by atoms with E-state index in [1.54, 1.807) is 11.8 Å². The highest BCUT2D eigenvalue weighted by Crippen LogP contribution is 2.32. The predicted molar refractivity (Wildman–Crippen MR) is 143 cm³/mol. The van der Waals surface area contributed by atoms with Crippen molar-refractivity contribution in [3.63, 3.8) is 0 Å². The van der Waals surface area contributed by atoms with Gasteiger partial charge in [-0.05, 0) is 62.0 Å². The molecule has 0 saturated carbocycles. The summed E-state index contributed by atoms with van der Waals surface area (Å²) < 4.78 is 8.22. The van der Waals surface area contributed by atoms with Gasteiger partial charge >= 0.3 is 0 Å². The largest absolute Gasteiger partial charge is 0.378 e. The van der Waals surface area contributed by atoms with Gasteiger partial charge in [-0.15, -0.1) is 10.2 Å². The highest BCUT2D eigenvalue weighted by molar-refractivity contribution is 7.99. The van der Waals surface area contributed by atoms with Gasteiger partial charge in [-0.2, -0.15) is 0 Å². The van der Waals surface area contributed by atoms with Crippen LogP contribution in [0.5, 0.6) is 0 Å². The number of anilines is 1. The molecular weight excluding hydrogens is 454 g/mol. The van der Waals surface area contributed by atoms with Crippen LogP contribution >= 0.6 is 11.8 Å². The molecule has 0 radical (unpaired) electrons. The minimum atomic E-state index is 0.348. The van der Waals surface area contributed by atoms with Crippen LogP contribution in [0.3, 0.4) is 0 Å². The number of aromatic nitrogens is 3. The molecule has 6 nitrogen and oxygen atoms in total. The molecule has 1 aromatic heterocycles. The Morgan fingerprint density at radius 2 is 1.66 bits per heavy atom. The van der Waals surface area contributed by atoms with Crippen molar-refractivity contribution < 1.29 is 4.74 Å². The maximum absolute atomic E-state index is 5.85. The van der Waals surface area contributed by atoms with Crippen molar-refractivity contribution in [2.24, 2.45) is 0 Å². The first-order valence-electron chi connectivity index (χ1n) is 12.9. The minimum absolute atomic E-state index is 0.348. The molecule has 35 heavy (non-hydrogen) atoms. The van der Waals surface area contributed by atoms with Gasteiger partial charge in [0.1, 0.15) is 5.82 Å². The van der Waals surface area contributed by atoms with Crippen LogP contribution in [0.15, 0.2) is 59.8 Å². The van der Waals surface area contributed by atoms with E-state index >= 15 is 0 Å². The van der Waals surface area contributed by atoms with E-state index in [4.69, 9.17) is 9.84 Å². The molecule has 3 aromatic rings. The van der Waals surface area contributed by atoms with Crippen molar-refractivity contribution in [3.8, 4) is 0 Å². The molecule has 5 rings (SSSR count). The zero-order valence-corrected chi connectivity index (χ0v) is 21.8. The summed E-state index contributed by atoms with van der Waals surface area (Å²) in [5.41, 5.74) is 3.93. The Labute approximate surface area is 213 Å². The minimum Gasteiger partial charge on any atom is -0.378 e. The topological polar surface area (TPSA) is 46.4 Å². The van der Waals surface area contributed by atoms with Gasteiger partial charge in [0.2, 0.25) is 0 Å². The van der Waals surface area contributed by atoms with Crippen LogP contribution in [0.2, 0.25) is 0 Å². The number of piperidine rings is 1. The molecule has 186 valence electrons. The van der Waals surface area contributed by atoms with E-state index in [2.05, 4.69) is 88.2 Å². The number of nitrogens with zero attached hydrogens (tertiary/aromatic N) is 5. The van der Waals surface area contributed by atoms with E-state index in [-0.39, 0.29) is 0 Å². The number of rotatable bonds is 9. The van der Waals surface area contributed by atoms with Crippen LogP contribution in [0.1, 0.15) is 48.6 Å². The summed E-state index contributed by atoms with van der Waals surface area (Å²) in [6, 6.07) is 19.6. The van der Waals surface area contributed by atoms with Crippen LogP contribution < -0.4 is 4.90 Å². The van der Waals surface area contributed by atoms with Crippen molar-refractivity contribution in [1.29, 1.82) is 0 Å². The smallest absolute Gasteiger partial charge is 0.191 e. The monoisotopic (exact) mass is 491 g/mol. The number of benzene rings is 2. The van der Waals surface area contributed by atoms with E-state index < -0.39 is 0 Å². The summed E-state index contributed by atoms with van der Waals surface area (Å²) in [7, 11) is 4.17. The van der Waals surface area contributed by atoms with Gasteiger partial charge in [0.25, 0.3) is 0 Å². The summed E-state index contributed by atoms with van der Waals surface area (Å²) in [5, 5.41) is 10.4. The molecule has 0 aliphatic carbocycles. The number of hydrogen-bond donors (Lipinski definition) is 0. The lowest BCUT2D eigenvalue weighted by Gasteiger charge is -2.31. The average molecular weight is 492 g/mol. The van der Waals surface area contributed by atoms with E-state index in [9.17, 15) is 0 Å². The molecule has 2 aliphatic rings. The van der Waals surface area contributed by atoms with Crippen molar-refractivity contribution in [1.82, 2.24) is 19.7 Å². The highest BCUT2D eigenvalue weighted by atomic mass is 32.2. The molecule has 0 amide bonds. The van der Waals surface area contributed by atoms with Crippen LogP contribution in [-0.4, -0.2) is 65.3 Å². The molecule has 2 saturated heterocycles. The first-order chi connectivity index (χ1) is 17.2. The van der Waals surface area contributed by atoms with Crippen LogP contribution in [0, 0.1) is 0 Å². The van der Waals surface area contributed by atoms with Gasteiger partial charge in [-0.25, -0.2) is 0 Å². The summed E-state index contributed by atoms with van der Waals surface area (Å²) in [4.78, 5) is 4.72. The highest BCUT2D eigenvalue weighted by Gasteiger charge is 2.27. The summed E-state index contributed by atoms with van der Waals surface area (Å²) in [6.07, 6.45) is 4.92. The maximum atomic E-state index is 5.85. The second-order valence-corrected chi connectivity index (χ2v) is 11.0. The van der Waals surface area contributed by atoms with E-state index in [1.165, 1.54) is 23.2 Å². The Hall–Kier alpha value is -2.35. The van der Waals surface area contributed by atoms with Gasteiger partial charge in [0.05, 0.1) is 12.6 Å². The van der Waals surface area contributed by atoms with Crippen LogP contribution in [0.25, 0.3) is 0 Å². The SMILES string of the molecule is CN(C)c1ccc(CN2CCC(c3nnc(SC[C@@H]4CCCO4)n3Cc3ccccc3)CC2)cc1. The summed E-state index contributed by atoms with van der Waals surface area (Å²) >= 11 is 1.80. The fraction of sp³-hybridized carbons (Fsp3) is 0.500. The lowest BCUT2D eigenvalue weighted by atomic mass is 9.95. The van der Waals surface area contributed by atoms with E-state index in [0.29, 0.717) is 12.0 Å².